The fraction of sp³-hybridized carbons (Fsp3) is 0.600. The zero-order valence-electron chi connectivity index (χ0n) is 11.4. The minimum atomic E-state index is 0.661. The van der Waals surface area contributed by atoms with Crippen molar-refractivity contribution in [2.75, 3.05) is 19.6 Å². The Morgan fingerprint density at radius 1 is 1.44 bits per heavy atom. The lowest BCUT2D eigenvalue weighted by atomic mass is 10.1. The minimum absolute atomic E-state index is 0.661. The molecule has 0 aromatic heterocycles. The Balaban J connectivity index is 1.96. The van der Waals surface area contributed by atoms with E-state index in [1.165, 1.54) is 30.5 Å². The van der Waals surface area contributed by atoms with Gasteiger partial charge in [0.25, 0.3) is 0 Å². The molecule has 1 aromatic carbocycles. The quantitative estimate of drug-likeness (QED) is 0.880. The standard InChI is InChI=1S/C15H23ClN2/c1-3-18(11-14-5-4-8-17-14)10-13-7-6-12(2)9-15(13)16/h6-7,9,14,17H,3-5,8,10-11H2,1-2H3. The van der Waals surface area contributed by atoms with Crippen LogP contribution < -0.4 is 5.32 Å². The second kappa shape index (κ2) is 6.55. The van der Waals surface area contributed by atoms with Crippen LogP contribution in [-0.2, 0) is 6.54 Å². The molecule has 100 valence electrons. The Morgan fingerprint density at radius 2 is 2.28 bits per heavy atom. The van der Waals surface area contributed by atoms with Crippen LogP contribution in [0.4, 0.5) is 0 Å². The number of halogens is 1. The van der Waals surface area contributed by atoms with E-state index in [1.54, 1.807) is 0 Å². The first-order valence-electron chi connectivity index (χ1n) is 6.90. The zero-order valence-corrected chi connectivity index (χ0v) is 12.1. The molecule has 1 aromatic rings. The average Bonchev–Trinajstić information content (AvgIpc) is 2.84. The number of likely N-dealkylation sites (N-methyl/N-ethyl adjacent to an activating group) is 1. The number of hydrogen-bond acceptors (Lipinski definition) is 2. The van der Waals surface area contributed by atoms with Crippen LogP contribution in [0, 0.1) is 6.92 Å². The molecular weight excluding hydrogens is 244 g/mol. The highest BCUT2D eigenvalue weighted by Gasteiger charge is 2.17. The Morgan fingerprint density at radius 3 is 2.89 bits per heavy atom. The SMILES string of the molecule is CCN(Cc1ccc(C)cc1Cl)CC1CCCN1. The summed E-state index contributed by atoms with van der Waals surface area (Å²) in [6.45, 7) is 8.62. The molecule has 0 saturated carbocycles. The van der Waals surface area contributed by atoms with E-state index in [-0.39, 0.29) is 0 Å². The third kappa shape index (κ3) is 3.71. The first kappa shape index (κ1) is 13.9. The van der Waals surface area contributed by atoms with Gasteiger partial charge in [-0.3, -0.25) is 4.90 Å². The van der Waals surface area contributed by atoms with Gasteiger partial charge >= 0.3 is 0 Å². The van der Waals surface area contributed by atoms with Crippen molar-refractivity contribution < 1.29 is 0 Å². The van der Waals surface area contributed by atoms with E-state index in [0.29, 0.717) is 6.04 Å². The fourth-order valence-electron chi connectivity index (χ4n) is 2.55. The Hall–Kier alpha value is -0.570. The summed E-state index contributed by atoms with van der Waals surface area (Å²) in [4.78, 5) is 2.47. The van der Waals surface area contributed by atoms with Crippen molar-refractivity contribution in [3.8, 4) is 0 Å². The molecule has 18 heavy (non-hydrogen) atoms. The molecule has 3 heteroatoms. The maximum Gasteiger partial charge on any atom is 0.0453 e. The van der Waals surface area contributed by atoms with Crippen molar-refractivity contribution in [2.45, 2.75) is 39.3 Å². The summed E-state index contributed by atoms with van der Waals surface area (Å²) < 4.78 is 0. The van der Waals surface area contributed by atoms with Crippen LogP contribution in [-0.4, -0.2) is 30.6 Å². The molecule has 1 aliphatic rings. The van der Waals surface area contributed by atoms with Crippen LogP contribution in [0.2, 0.25) is 5.02 Å². The van der Waals surface area contributed by atoms with Crippen molar-refractivity contribution in [1.29, 1.82) is 0 Å². The molecule has 0 bridgehead atoms. The Labute approximate surface area is 115 Å². The topological polar surface area (TPSA) is 15.3 Å². The molecule has 0 amide bonds. The molecule has 0 aliphatic carbocycles. The van der Waals surface area contributed by atoms with E-state index in [0.717, 1.165) is 24.7 Å². The van der Waals surface area contributed by atoms with Gasteiger partial charge in [-0.1, -0.05) is 30.7 Å². The molecule has 0 radical (unpaired) electrons. The minimum Gasteiger partial charge on any atom is -0.313 e. The monoisotopic (exact) mass is 266 g/mol. The average molecular weight is 267 g/mol. The molecule has 2 rings (SSSR count). The van der Waals surface area contributed by atoms with Gasteiger partial charge in [0, 0.05) is 24.2 Å². The molecule has 1 aliphatic heterocycles. The van der Waals surface area contributed by atoms with Crippen LogP contribution in [0.1, 0.15) is 30.9 Å². The van der Waals surface area contributed by atoms with Crippen LogP contribution in [0.3, 0.4) is 0 Å². The van der Waals surface area contributed by atoms with Crippen LogP contribution in [0.5, 0.6) is 0 Å². The maximum atomic E-state index is 6.30. The molecule has 2 nitrogen and oxygen atoms in total. The summed E-state index contributed by atoms with van der Waals surface area (Å²) >= 11 is 6.30. The lowest BCUT2D eigenvalue weighted by Crippen LogP contribution is -2.37. The van der Waals surface area contributed by atoms with Gasteiger partial charge in [0.15, 0.2) is 0 Å². The third-order valence-electron chi connectivity index (χ3n) is 3.69. The predicted molar refractivity (Wildman–Crippen MR) is 78.2 cm³/mol. The van der Waals surface area contributed by atoms with Crippen molar-refractivity contribution in [3.63, 3.8) is 0 Å². The first-order chi connectivity index (χ1) is 8.69. The number of hydrogen-bond donors (Lipinski definition) is 1. The maximum absolute atomic E-state index is 6.30. The van der Waals surface area contributed by atoms with Crippen LogP contribution >= 0.6 is 11.6 Å². The van der Waals surface area contributed by atoms with E-state index in [4.69, 9.17) is 11.6 Å². The summed E-state index contributed by atoms with van der Waals surface area (Å²) in [6, 6.07) is 7.01. The van der Waals surface area contributed by atoms with Gasteiger partial charge in [-0.05, 0) is 50.0 Å². The van der Waals surface area contributed by atoms with Crippen molar-refractivity contribution in [3.05, 3.63) is 34.3 Å². The second-order valence-electron chi connectivity index (χ2n) is 5.22. The molecule has 1 N–H and O–H groups in total. The number of nitrogens with one attached hydrogen (secondary N) is 1. The number of aryl methyl sites for hydroxylation is 1. The van der Waals surface area contributed by atoms with Gasteiger partial charge in [0.2, 0.25) is 0 Å². The van der Waals surface area contributed by atoms with Crippen LogP contribution in [0.25, 0.3) is 0 Å². The molecule has 0 spiro atoms. The molecule has 1 heterocycles. The van der Waals surface area contributed by atoms with E-state index in [2.05, 4.69) is 42.3 Å². The summed E-state index contributed by atoms with van der Waals surface area (Å²) in [5, 5.41) is 4.45. The normalized spacial score (nSPS) is 19.7. The smallest absolute Gasteiger partial charge is 0.0453 e. The number of nitrogens with zero attached hydrogens (tertiary/aromatic N) is 1. The molecule has 1 atom stereocenters. The summed E-state index contributed by atoms with van der Waals surface area (Å²) in [6.07, 6.45) is 2.62. The summed E-state index contributed by atoms with van der Waals surface area (Å²) in [5.41, 5.74) is 2.46. The Bertz CT molecular complexity index is 386. The fourth-order valence-corrected chi connectivity index (χ4v) is 2.85. The van der Waals surface area contributed by atoms with Gasteiger partial charge in [0.1, 0.15) is 0 Å². The van der Waals surface area contributed by atoms with Gasteiger partial charge in [-0.25, -0.2) is 0 Å². The van der Waals surface area contributed by atoms with Crippen molar-refractivity contribution in [2.24, 2.45) is 0 Å². The van der Waals surface area contributed by atoms with E-state index >= 15 is 0 Å². The van der Waals surface area contributed by atoms with Crippen molar-refractivity contribution >= 4 is 11.6 Å². The first-order valence-corrected chi connectivity index (χ1v) is 7.27. The lowest BCUT2D eigenvalue weighted by molar-refractivity contribution is 0.253. The lowest BCUT2D eigenvalue weighted by Gasteiger charge is -2.24. The second-order valence-corrected chi connectivity index (χ2v) is 5.62. The molecular formula is C15H23ClN2. The largest absolute Gasteiger partial charge is 0.313 e. The van der Waals surface area contributed by atoms with E-state index in [1.807, 2.05) is 0 Å². The molecule has 1 saturated heterocycles. The zero-order chi connectivity index (χ0) is 13.0. The highest BCUT2D eigenvalue weighted by Crippen LogP contribution is 2.20. The number of benzene rings is 1. The number of rotatable bonds is 5. The molecule has 1 unspecified atom stereocenters. The Kier molecular flexibility index (Phi) is 5.04. The van der Waals surface area contributed by atoms with E-state index in [9.17, 15) is 0 Å². The predicted octanol–water partition coefficient (Wildman–Crippen LogP) is 3.22. The van der Waals surface area contributed by atoms with E-state index < -0.39 is 0 Å². The highest BCUT2D eigenvalue weighted by molar-refractivity contribution is 6.31. The summed E-state index contributed by atoms with van der Waals surface area (Å²) in [7, 11) is 0. The van der Waals surface area contributed by atoms with Crippen LogP contribution in [0.15, 0.2) is 18.2 Å². The van der Waals surface area contributed by atoms with Gasteiger partial charge in [0.05, 0.1) is 0 Å². The third-order valence-corrected chi connectivity index (χ3v) is 4.04. The van der Waals surface area contributed by atoms with Crippen molar-refractivity contribution in [1.82, 2.24) is 10.2 Å². The van der Waals surface area contributed by atoms with Gasteiger partial charge in [-0.2, -0.15) is 0 Å². The van der Waals surface area contributed by atoms with Gasteiger partial charge < -0.3 is 5.32 Å². The van der Waals surface area contributed by atoms with Gasteiger partial charge in [-0.15, -0.1) is 0 Å². The highest BCUT2D eigenvalue weighted by atomic mass is 35.5. The summed E-state index contributed by atoms with van der Waals surface area (Å²) in [5.74, 6) is 0. The molecule has 1 fully saturated rings.